The number of nitrogens with zero attached hydrogens (tertiary/aromatic N) is 8. The van der Waals surface area contributed by atoms with Crippen molar-refractivity contribution in [1.82, 2.24) is 29.1 Å². The Morgan fingerprint density at radius 3 is 2.18 bits per heavy atom. The van der Waals surface area contributed by atoms with Gasteiger partial charge in [-0.2, -0.15) is 10.2 Å². The molecule has 2 aliphatic heterocycles. The molecule has 0 spiro atoms. The van der Waals surface area contributed by atoms with Crippen molar-refractivity contribution in [2.45, 2.75) is 51.0 Å². The fourth-order valence-electron chi connectivity index (χ4n) is 7.48. The summed E-state index contributed by atoms with van der Waals surface area (Å²) in [5, 5.41) is 8.34. The van der Waals surface area contributed by atoms with Crippen LogP contribution in [0.15, 0.2) is 90.5 Å². The Kier molecular flexibility index (Phi) is 13.0. The van der Waals surface area contributed by atoms with Crippen LogP contribution >= 0.6 is 0 Å². The second kappa shape index (κ2) is 17.5. The maximum atomic E-state index is 15.0. The van der Waals surface area contributed by atoms with E-state index in [0.717, 1.165) is 48.3 Å². The first-order valence-electron chi connectivity index (χ1n) is 18.0. The van der Waals surface area contributed by atoms with Crippen LogP contribution in [-0.4, -0.2) is 87.6 Å². The number of aromatic nitrogens is 6. The van der Waals surface area contributed by atoms with Gasteiger partial charge in [0.2, 0.25) is 10.4 Å². The first-order chi connectivity index (χ1) is 26.4. The molecule has 0 amide bonds. The number of hydrogen-bond donors (Lipinski definition) is 0. The fraction of sp³-hybridized carbons (Fsp3) is 0.405. The van der Waals surface area contributed by atoms with Crippen LogP contribution in [0, 0.1) is 17.6 Å². The van der Waals surface area contributed by atoms with E-state index >= 15 is 0 Å². The van der Waals surface area contributed by atoms with Crippen molar-refractivity contribution in [3.8, 4) is 11.4 Å². The standard InChI is InChI=1S/C37H42F2N8O7S.Na/c1-3-35(26(2)54-55(49,50)51)47-36(48)46(25-42-47)31-7-5-29(6-8-31)43-14-16-44(17-15-43)30-9-11-32(12-10-30)52-20-27-19-37(53-21-27,22-45-24-40-23-41-45)33-13-4-28(38)18-34(33)39;/h4-13,18,23-27,35H,3,14-17,19-22H2,1-2H3,(H,49,50,51);/q;+1/p-1/t26-,27+,35-,37-;/m0./s1. The van der Waals surface area contributed by atoms with Crippen molar-refractivity contribution in [2.24, 2.45) is 5.92 Å². The summed E-state index contributed by atoms with van der Waals surface area (Å²) in [5.74, 6) is -0.650. The van der Waals surface area contributed by atoms with E-state index in [0.29, 0.717) is 37.5 Å². The van der Waals surface area contributed by atoms with Crippen LogP contribution < -0.4 is 49.8 Å². The second-order valence-corrected chi connectivity index (χ2v) is 14.8. The molecule has 5 aromatic rings. The molecule has 4 heterocycles. The van der Waals surface area contributed by atoms with Crippen LogP contribution in [0.3, 0.4) is 0 Å². The number of anilines is 2. The maximum Gasteiger partial charge on any atom is 1.00 e. The Hall–Kier alpha value is -4.17. The molecule has 4 atom stereocenters. The molecule has 2 fully saturated rings. The molecule has 2 aliphatic rings. The first kappa shape index (κ1) is 41.5. The number of hydrogen-bond acceptors (Lipinski definition) is 12. The van der Waals surface area contributed by atoms with Crippen molar-refractivity contribution in [2.75, 3.05) is 49.2 Å². The molecule has 15 nitrogen and oxygen atoms in total. The summed E-state index contributed by atoms with van der Waals surface area (Å²) in [7, 11) is -4.94. The normalized spacial score (nSPS) is 19.8. The van der Waals surface area contributed by atoms with Crippen LogP contribution in [0.25, 0.3) is 5.69 Å². The van der Waals surface area contributed by atoms with E-state index in [4.69, 9.17) is 9.47 Å². The van der Waals surface area contributed by atoms with Gasteiger partial charge in [0, 0.05) is 55.1 Å². The molecule has 19 heteroatoms. The van der Waals surface area contributed by atoms with E-state index in [1.165, 1.54) is 36.3 Å². The molecule has 0 radical (unpaired) electrons. The van der Waals surface area contributed by atoms with E-state index in [-0.39, 0.29) is 47.6 Å². The molecular weight excluding hydrogens is 762 g/mol. The zero-order valence-corrected chi connectivity index (χ0v) is 34.1. The summed E-state index contributed by atoms with van der Waals surface area (Å²) in [4.78, 5) is 21.7. The number of piperazine rings is 1. The van der Waals surface area contributed by atoms with Gasteiger partial charge in [0.15, 0.2) is 0 Å². The van der Waals surface area contributed by atoms with Crippen LogP contribution in [-0.2, 0) is 31.5 Å². The van der Waals surface area contributed by atoms with Gasteiger partial charge in [0.05, 0.1) is 37.6 Å². The molecule has 3 aromatic carbocycles. The van der Waals surface area contributed by atoms with Crippen LogP contribution in [0.1, 0.15) is 38.3 Å². The minimum absolute atomic E-state index is 0. The van der Waals surface area contributed by atoms with E-state index in [1.807, 2.05) is 48.5 Å². The summed E-state index contributed by atoms with van der Waals surface area (Å²) in [6, 6.07) is 18.3. The van der Waals surface area contributed by atoms with E-state index in [9.17, 15) is 26.5 Å². The molecule has 0 unspecified atom stereocenters. The topological polar surface area (TPSA) is 162 Å². The third-order valence-electron chi connectivity index (χ3n) is 10.2. The Balaban J connectivity index is 0.00000532. The van der Waals surface area contributed by atoms with Gasteiger partial charge in [-0.15, -0.1) is 0 Å². The quantitative estimate of drug-likeness (QED) is 0.0894. The molecule has 7 rings (SSSR count). The fourth-order valence-corrected chi connectivity index (χ4v) is 7.98. The zero-order valence-electron chi connectivity index (χ0n) is 31.3. The summed E-state index contributed by atoms with van der Waals surface area (Å²) in [5.41, 5.74) is 1.42. The van der Waals surface area contributed by atoms with Crippen molar-refractivity contribution in [3.63, 3.8) is 0 Å². The average molecular weight is 803 g/mol. The molecule has 56 heavy (non-hydrogen) atoms. The maximum absolute atomic E-state index is 15.0. The smallest absolute Gasteiger partial charge is 0.726 e. The van der Waals surface area contributed by atoms with Gasteiger partial charge in [0.25, 0.3) is 0 Å². The predicted octanol–water partition coefficient (Wildman–Crippen LogP) is 1.06. The Labute approximate surface area is 345 Å². The third-order valence-corrected chi connectivity index (χ3v) is 10.8. The zero-order chi connectivity index (χ0) is 38.7. The van der Waals surface area contributed by atoms with Crippen LogP contribution in [0.4, 0.5) is 20.2 Å². The molecular formula is C37H41F2N8NaO7S. The number of benzene rings is 3. The van der Waals surface area contributed by atoms with Crippen LogP contribution in [0.5, 0.6) is 5.75 Å². The number of ether oxygens (including phenoxy) is 2. The molecule has 0 N–H and O–H groups in total. The monoisotopic (exact) mass is 802 g/mol. The first-order valence-corrected chi connectivity index (χ1v) is 19.3. The summed E-state index contributed by atoms with van der Waals surface area (Å²) in [6.45, 7) is 7.23. The molecule has 292 valence electrons. The van der Waals surface area contributed by atoms with Gasteiger partial charge >= 0.3 is 35.2 Å². The predicted molar refractivity (Wildman–Crippen MR) is 196 cm³/mol. The van der Waals surface area contributed by atoms with Gasteiger partial charge < -0.3 is 23.8 Å². The molecule has 0 saturated carbocycles. The minimum Gasteiger partial charge on any atom is -0.726 e. The number of rotatable bonds is 14. The third kappa shape index (κ3) is 9.33. The van der Waals surface area contributed by atoms with Crippen LogP contribution in [0.2, 0.25) is 0 Å². The summed E-state index contributed by atoms with van der Waals surface area (Å²) >= 11 is 0. The van der Waals surface area contributed by atoms with Crippen molar-refractivity contribution < 1.29 is 65.0 Å². The SMILES string of the molecule is CC[C@@H]([C@H](C)OS(=O)(=O)[O-])n1ncn(-c2ccc(N3CCN(c4ccc(OC[C@@H]5CO[C@@](Cn6cncn6)(c6ccc(F)cc6F)C5)cc4)CC3)cc2)c1=O.[Na+]. The summed E-state index contributed by atoms with van der Waals surface area (Å²) in [6.07, 6.45) is 4.02. The Morgan fingerprint density at radius 1 is 0.946 bits per heavy atom. The summed E-state index contributed by atoms with van der Waals surface area (Å²) < 4.78 is 83.1. The molecule has 2 saturated heterocycles. The molecule has 0 aliphatic carbocycles. The van der Waals surface area contributed by atoms with Gasteiger partial charge in [-0.3, -0.25) is 4.18 Å². The van der Waals surface area contributed by atoms with Gasteiger partial charge in [-0.05, 0) is 74.4 Å². The molecule has 2 aromatic heterocycles. The minimum atomic E-state index is -4.94. The van der Waals surface area contributed by atoms with Crippen molar-refractivity contribution in [1.29, 1.82) is 0 Å². The number of halogens is 2. The van der Waals surface area contributed by atoms with Gasteiger partial charge in [-0.25, -0.2) is 40.9 Å². The van der Waals surface area contributed by atoms with E-state index in [2.05, 4.69) is 29.2 Å². The average Bonchev–Trinajstić information content (AvgIpc) is 3.92. The van der Waals surface area contributed by atoms with E-state index in [1.54, 1.807) is 17.9 Å². The Bertz CT molecular complexity index is 2240. The Morgan fingerprint density at radius 2 is 1.59 bits per heavy atom. The van der Waals surface area contributed by atoms with E-state index < -0.39 is 45.5 Å². The largest absolute Gasteiger partial charge is 1.00 e. The van der Waals surface area contributed by atoms with Gasteiger partial charge in [-0.1, -0.05) is 13.0 Å². The molecule has 0 bridgehead atoms. The second-order valence-electron chi connectivity index (χ2n) is 13.8. The van der Waals surface area contributed by atoms with Gasteiger partial charge in [0.1, 0.15) is 42.0 Å². The van der Waals surface area contributed by atoms with Crippen molar-refractivity contribution in [3.05, 3.63) is 113 Å². The van der Waals surface area contributed by atoms with Crippen molar-refractivity contribution >= 4 is 21.8 Å².